The molecular weight excluding hydrogens is 264 g/mol. The Labute approximate surface area is 117 Å². The van der Waals surface area contributed by atoms with E-state index in [0.29, 0.717) is 0 Å². The van der Waals surface area contributed by atoms with Crippen LogP contribution in [-0.2, 0) is 14.3 Å². The zero-order valence-electron chi connectivity index (χ0n) is 11.9. The van der Waals surface area contributed by atoms with E-state index in [1.165, 1.54) is 32.4 Å². The number of hydrogen-bond donors (Lipinski definition) is 0. The zero-order chi connectivity index (χ0) is 13.7. The fraction of sp³-hybridized carbons (Fsp3) is 1.00. The van der Waals surface area contributed by atoms with Gasteiger partial charge in [0.2, 0.25) is 0 Å². The van der Waals surface area contributed by atoms with E-state index in [1.807, 2.05) is 0 Å². The van der Waals surface area contributed by atoms with Crippen molar-refractivity contribution >= 4 is 10.1 Å². The molecular formula is C13H26N2O3S. The van der Waals surface area contributed by atoms with E-state index in [4.69, 9.17) is 4.18 Å². The van der Waals surface area contributed by atoms with Gasteiger partial charge in [-0.3, -0.25) is 9.08 Å². The summed E-state index contributed by atoms with van der Waals surface area (Å²) in [4.78, 5) is 4.68. The summed E-state index contributed by atoms with van der Waals surface area (Å²) >= 11 is 0. The predicted molar refractivity (Wildman–Crippen MR) is 75.4 cm³/mol. The van der Waals surface area contributed by atoms with Crippen LogP contribution in [0.25, 0.3) is 0 Å². The molecule has 6 heteroatoms. The molecule has 0 aromatic heterocycles. The molecule has 0 spiro atoms. The highest BCUT2D eigenvalue weighted by atomic mass is 32.2. The highest BCUT2D eigenvalue weighted by Gasteiger charge is 2.26. The van der Waals surface area contributed by atoms with Gasteiger partial charge in [-0.1, -0.05) is 6.42 Å². The Morgan fingerprint density at radius 2 is 1.68 bits per heavy atom. The summed E-state index contributed by atoms with van der Waals surface area (Å²) < 4.78 is 27.8. The number of rotatable bonds is 5. The minimum absolute atomic E-state index is 0.242. The lowest BCUT2D eigenvalue weighted by molar-refractivity contribution is -0.00463. The van der Waals surface area contributed by atoms with E-state index < -0.39 is 10.1 Å². The lowest BCUT2D eigenvalue weighted by atomic mass is 10.1. The van der Waals surface area contributed by atoms with E-state index in [1.54, 1.807) is 0 Å². The smallest absolute Gasteiger partial charge is 0.265 e. The highest BCUT2D eigenvalue weighted by Crippen LogP contribution is 2.19. The molecule has 2 rings (SSSR count). The third-order valence-corrected chi connectivity index (χ3v) is 4.56. The fourth-order valence-corrected chi connectivity index (χ4v) is 3.60. The molecule has 5 nitrogen and oxygen atoms in total. The summed E-state index contributed by atoms with van der Waals surface area (Å²) in [7, 11) is -3.36. The molecule has 2 heterocycles. The topological polar surface area (TPSA) is 49.9 Å². The normalized spacial score (nSPS) is 27.5. The molecule has 0 aliphatic carbocycles. The first-order chi connectivity index (χ1) is 9.04. The van der Waals surface area contributed by atoms with Gasteiger partial charge < -0.3 is 4.90 Å². The molecule has 1 atom stereocenters. The SMILES string of the molecule is CS(=O)(=O)OC1CCCCN1CCN1CCCCC1. The van der Waals surface area contributed by atoms with Crippen LogP contribution >= 0.6 is 0 Å². The third kappa shape index (κ3) is 5.38. The summed E-state index contributed by atoms with van der Waals surface area (Å²) in [5, 5.41) is 0. The molecule has 0 saturated carbocycles. The number of hydrogen-bond acceptors (Lipinski definition) is 5. The number of likely N-dealkylation sites (tertiary alicyclic amines) is 2. The molecule has 112 valence electrons. The minimum Gasteiger partial charge on any atom is -0.302 e. The van der Waals surface area contributed by atoms with Crippen molar-refractivity contribution in [3.63, 3.8) is 0 Å². The van der Waals surface area contributed by atoms with Crippen molar-refractivity contribution in [1.82, 2.24) is 9.80 Å². The van der Waals surface area contributed by atoms with Gasteiger partial charge in [0.25, 0.3) is 10.1 Å². The number of piperidine rings is 2. The van der Waals surface area contributed by atoms with Gasteiger partial charge in [-0.15, -0.1) is 0 Å². The lowest BCUT2D eigenvalue weighted by Crippen LogP contribution is -2.46. The lowest BCUT2D eigenvalue weighted by Gasteiger charge is -2.36. The van der Waals surface area contributed by atoms with E-state index in [2.05, 4.69) is 9.80 Å². The van der Waals surface area contributed by atoms with Crippen LogP contribution in [0.4, 0.5) is 0 Å². The van der Waals surface area contributed by atoms with E-state index in [-0.39, 0.29) is 6.23 Å². The molecule has 19 heavy (non-hydrogen) atoms. The van der Waals surface area contributed by atoms with Crippen molar-refractivity contribution in [2.24, 2.45) is 0 Å². The maximum atomic E-state index is 11.3. The van der Waals surface area contributed by atoms with Gasteiger partial charge >= 0.3 is 0 Å². The van der Waals surface area contributed by atoms with Crippen molar-refractivity contribution in [1.29, 1.82) is 0 Å². The second-order valence-electron chi connectivity index (χ2n) is 5.69. The van der Waals surface area contributed by atoms with E-state index in [0.717, 1.165) is 45.2 Å². The first-order valence-corrected chi connectivity index (χ1v) is 9.21. The van der Waals surface area contributed by atoms with Crippen LogP contribution < -0.4 is 0 Å². The Bertz CT molecular complexity index is 366. The second-order valence-corrected chi connectivity index (χ2v) is 7.29. The van der Waals surface area contributed by atoms with Gasteiger partial charge in [-0.05, 0) is 45.2 Å². The molecule has 0 amide bonds. The van der Waals surface area contributed by atoms with E-state index >= 15 is 0 Å². The number of nitrogens with zero attached hydrogens (tertiary/aromatic N) is 2. The van der Waals surface area contributed by atoms with Crippen molar-refractivity contribution in [3.05, 3.63) is 0 Å². The van der Waals surface area contributed by atoms with Gasteiger partial charge in [0.1, 0.15) is 6.23 Å². The van der Waals surface area contributed by atoms with Crippen molar-refractivity contribution in [2.75, 3.05) is 39.0 Å². The van der Waals surface area contributed by atoms with Crippen molar-refractivity contribution in [3.8, 4) is 0 Å². The first-order valence-electron chi connectivity index (χ1n) is 7.39. The largest absolute Gasteiger partial charge is 0.302 e. The maximum Gasteiger partial charge on any atom is 0.265 e. The Balaban J connectivity index is 1.81. The van der Waals surface area contributed by atoms with Crippen LogP contribution in [0.15, 0.2) is 0 Å². The predicted octanol–water partition coefficient (Wildman–Crippen LogP) is 1.26. The highest BCUT2D eigenvalue weighted by molar-refractivity contribution is 7.86. The van der Waals surface area contributed by atoms with E-state index in [9.17, 15) is 8.42 Å². The summed E-state index contributed by atoms with van der Waals surface area (Å²) in [6, 6.07) is 0. The van der Waals surface area contributed by atoms with Gasteiger partial charge in [-0.25, -0.2) is 0 Å². The standard InChI is InChI=1S/C13H26N2O3S/c1-19(16,17)18-13-7-3-6-10-15(13)12-11-14-8-4-2-5-9-14/h13H,2-12H2,1H3. The molecule has 2 aliphatic rings. The summed E-state index contributed by atoms with van der Waals surface area (Å²) in [5.41, 5.74) is 0. The van der Waals surface area contributed by atoms with Gasteiger partial charge in [0.15, 0.2) is 0 Å². The van der Waals surface area contributed by atoms with Gasteiger partial charge in [0.05, 0.1) is 6.26 Å². The molecule has 0 bridgehead atoms. The molecule has 0 N–H and O–H groups in total. The second kappa shape index (κ2) is 7.02. The third-order valence-electron chi connectivity index (χ3n) is 3.99. The zero-order valence-corrected chi connectivity index (χ0v) is 12.7. The first kappa shape index (κ1) is 15.2. The monoisotopic (exact) mass is 290 g/mol. The summed E-state index contributed by atoms with van der Waals surface area (Å²) in [6.07, 6.45) is 7.86. The van der Waals surface area contributed by atoms with Crippen molar-refractivity contribution in [2.45, 2.75) is 44.8 Å². The molecule has 2 saturated heterocycles. The molecule has 0 radical (unpaired) electrons. The maximum absolute atomic E-state index is 11.3. The summed E-state index contributed by atoms with van der Waals surface area (Å²) in [5.74, 6) is 0. The van der Waals surface area contributed by atoms with Crippen LogP contribution in [0.2, 0.25) is 0 Å². The van der Waals surface area contributed by atoms with Gasteiger partial charge in [-0.2, -0.15) is 8.42 Å². The molecule has 2 fully saturated rings. The Kier molecular flexibility index (Phi) is 5.62. The molecule has 0 aromatic carbocycles. The van der Waals surface area contributed by atoms with Crippen LogP contribution in [0.3, 0.4) is 0 Å². The van der Waals surface area contributed by atoms with Gasteiger partial charge in [0, 0.05) is 19.6 Å². The van der Waals surface area contributed by atoms with Crippen molar-refractivity contribution < 1.29 is 12.6 Å². The Hall–Kier alpha value is -0.170. The average molecular weight is 290 g/mol. The molecule has 1 unspecified atom stereocenters. The quantitative estimate of drug-likeness (QED) is 0.714. The van der Waals surface area contributed by atoms with Crippen LogP contribution in [0.1, 0.15) is 38.5 Å². The average Bonchev–Trinajstić information content (AvgIpc) is 2.37. The van der Waals surface area contributed by atoms with Crippen LogP contribution in [0, 0.1) is 0 Å². The summed E-state index contributed by atoms with van der Waals surface area (Å²) in [6.45, 7) is 5.27. The Morgan fingerprint density at radius 3 is 2.37 bits per heavy atom. The molecule has 0 aromatic rings. The van der Waals surface area contributed by atoms with Crippen LogP contribution in [-0.4, -0.2) is 63.4 Å². The molecule has 2 aliphatic heterocycles. The fourth-order valence-electron chi connectivity index (χ4n) is 2.98. The van der Waals surface area contributed by atoms with Crippen LogP contribution in [0.5, 0.6) is 0 Å². The Morgan fingerprint density at radius 1 is 1.00 bits per heavy atom. The minimum atomic E-state index is -3.36.